The third-order valence-corrected chi connectivity index (χ3v) is 12.0. The Morgan fingerprint density at radius 2 is 0.879 bits per heavy atom. The van der Waals surface area contributed by atoms with E-state index in [-0.39, 0.29) is 29.9 Å². The van der Waals surface area contributed by atoms with Crippen LogP contribution in [0.1, 0.15) is 274 Å². The highest BCUT2D eigenvalue weighted by Gasteiger charge is 2.16. The van der Waals surface area contributed by atoms with Crippen LogP contribution in [-0.4, -0.2) is 61.2 Å². The molecular formula is C52H106O5S. The standard InChI is InChI=1S/C29H60O2S.C23H46O3/c1-6-8-10-12-14-16-17-19-21-23-25-32-27-28(26-31-29(3,4)5)30-24-22-20-18-15-13-11-9-7-2;1-5-7-8-9-10-11-12-13-14-15-16-17-18-19-23(24)26-22(6-2)20-25-21(3)4/h28H,6-27H2,1-5H3;21-22H,5-20H2,1-4H3. The topological polar surface area (TPSA) is 54.0 Å². The zero-order valence-corrected chi connectivity index (χ0v) is 41.9. The summed E-state index contributed by atoms with van der Waals surface area (Å²) in [6.45, 7) is 21.4. The molecule has 0 aliphatic carbocycles. The van der Waals surface area contributed by atoms with Crippen LogP contribution < -0.4 is 0 Å². The van der Waals surface area contributed by atoms with Gasteiger partial charge < -0.3 is 18.9 Å². The first-order chi connectivity index (χ1) is 28.1. The summed E-state index contributed by atoms with van der Waals surface area (Å²) in [6, 6.07) is 0. The van der Waals surface area contributed by atoms with E-state index in [1.54, 1.807) is 0 Å². The molecule has 6 heteroatoms. The van der Waals surface area contributed by atoms with E-state index in [0.717, 1.165) is 38.2 Å². The van der Waals surface area contributed by atoms with E-state index in [1.165, 1.54) is 192 Å². The summed E-state index contributed by atoms with van der Waals surface area (Å²) in [5.41, 5.74) is -0.0820. The molecule has 2 unspecified atom stereocenters. The number of thioether (sulfide) groups is 1. The SMILES string of the molecule is CCCCCCCCCCCCCCCC(=O)OC(CC)COC(C)C.CCCCCCCCCCCCSCC(COC(C)(C)C)OCCCCCCCCCC. The molecule has 0 saturated heterocycles. The Morgan fingerprint density at radius 1 is 0.483 bits per heavy atom. The van der Waals surface area contributed by atoms with E-state index in [9.17, 15) is 4.79 Å². The minimum absolute atomic E-state index is 0.0627. The van der Waals surface area contributed by atoms with E-state index in [0.29, 0.717) is 13.0 Å². The second-order valence-corrected chi connectivity index (χ2v) is 19.7. The number of carbonyl (C=O) groups is 1. The summed E-state index contributed by atoms with van der Waals surface area (Å²) in [7, 11) is 0. The first-order valence-corrected chi connectivity index (χ1v) is 26.9. The summed E-state index contributed by atoms with van der Waals surface area (Å²) >= 11 is 2.06. The number of ether oxygens (including phenoxy) is 4. The van der Waals surface area contributed by atoms with E-state index < -0.39 is 0 Å². The van der Waals surface area contributed by atoms with Crippen molar-refractivity contribution in [2.24, 2.45) is 0 Å². The van der Waals surface area contributed by atoms with Gasteiger partial charge in [-0.1, -0.05) is 207 Å². The molecule has 58 heavy (non-hydrogen) atoms. The molecule has 0 spiro atoms. The number of hydrogen-bond donors (Lipinski definition) is 0. The maximum Gasteiger partial charge on any atom is 0.306 e. The van der Waals surface area contributed by atoms with E-state index in [2.05, 4.69) is 53.3 Å². The van der Waals surface area contributed by atoms with Gasteiger partial charge in [-0.25, -0.2) is 0 Å². The Labute approximate surface area is 369 Å². The largest absolute Gasteiger partial charge is 0.460 e. The highest BCUT2D eigenvalue weighted by molar-refractivity contribution is 7.99. The Morgan fingerprint density at radius 3 is 1.28 bits per heavy atom. The van der Waals surface area contributed by atoms with Crippen LogP contribution in [0.2, 0.25) is 0 Å². The van der Waals surface area contributed by atoms with Crippen LogP contribution in [0.4, 0.5) is 0 Å². The summed E-state index contributed by atoms with van der Waals surface area (Å²) in [6.07, 6.45) is 43.9. The number of rotatable bonds is 44. The van der Waals surface area contributed by atoms with E-state index >= 15 is 0 Å². The highest BCUT2D eigenvalue weighted by atomic mass is 32.2. The van der Waals surface area contributed by atoms with Crippen molar-refractivity contribution in [1.29, 1.82) is 0 Å². The molecule has 0 heterocycles. The van der Waals surface area contributed by atoms with Gasteiger partial charge in [0.15, 0.2) is 0 Å². The fourth-order valence-electron chi connectivity index (χ4n) is 6.95. The minimum Gasteiger partial charge on any atom is -0.460 e. The molecule has 350 valence electrons. The smallest absolute Gasteiger partial charge is 0.306 e. The van der Waals surface area contributed by atoms with Crippen molar-refractivity contribution in [3.8, 4) is 0 Å². The van der Waals surface area contributed by atoms with Crippen molar-refractivity contribution in [1.82, 2.24) is 0 Å². The van der Waals surface area contributed by atoms with Crippen molar-refractivity contribution in [2.45, 2.75) is 298 Å². The molecule has 0 aromatic heterocycles. The Hall–Kier alpha value is -0.300. The molecule has 0 aromatic carbocycles. The molecule has 5 nitrogen and oxygen atoms in total. The molecule has 0 radical (unpaired) electrons. The maximum atomic E-state index is 11.9. The quantitative estimate of drug-likeness (QED) is 0.0450. The second-order valence-electron chi connectivity index (χ2n) is 18.5. The molecule has 0 bridgehead atoms. The van der Waals surface area contributed by atoms with Gasteiger partial charge in [-0.2, -0.15) is 11.8 Å². The van der Waals surface area contributed by atoms with Crippen LogP contribution >= 0.6 is 11.8 Å². The van der Waals surface area contributed by atoms with Gasteiger partial charge in [0.2, 0.25) is 0 Å². The molecule has 0 saturated carbocycles. The van der Waals surface area contributed by atoms with Crippen molar-refractivity contribution < 1.29 is 23.7 Å². The van der Waals surface area contributed by atoms with Gasteiger partial charge in [0, 0.05) is 18.8 Å². The first kappa shape index (κ1) is 59.8. The lowest BCUT2D eigenvalue weighted by Gasteiger charge is -2.24. The van der Waals surface area contributed by atoms with Crippen LogP contribution in [0.15, 0.2) is 0 Å². The van der Waals surface area contributed by atoms with Crippen LogP contribution in [0, 0.1) is 0 Å². The van der Waals surface area contributed by atoms with Crippen LogP contribution in [-0.2, 0) is 23.7 Å². The zero-order chi connectivity index (χ0) is 43.2. The lowest BCUT2D eigenvalue weighted by molar-refractivity contribution is -0.153. The third kappa shape index (κ3) is 51.8. The van der Waals surface area contributed by atoms with Gasteiger partial charge >= 0.3 is 5.97 Å². The molecule has 0 N–H and O–H groups in total. The lowest BCUT2D eigenvalue weighted by Crippen LogP contribution is -2.30. The fraction of sp³-hybridized carbons (Fsp3) is 0.981. The number of esters is 1. The van der Waals surface area contributed by atoms with Crippen LogP contribution in [0.5, 0.6) is 0 Å². The molecular weight excluding hydrogens is 737 g/mol. The molecule has 2 atom stereocenters. The van der Waals surface area contributed by atoms with Gasteiger partial charge in [0.1, 0.15) is 6.10 Å². The predicted molar refractivity (Wildman–Crippen MR) is 259 cm³/mol. The summed E-state index contributed by atoms with van der Waals surface area (Å²) in [5, 5.41) is 0. The maximum absolute atomic E-state index is 11.9. The molecule has 0 aliphatic heterocycles. The van der Waals surface area contributed by atoms with E-state index in [4.69, 9.17) is 18.9 Å². The normalized spacial score (nSPS) is 12.8. The van der Waals surface area contributed by atoms with Crippen molar-refractivity contribution in [2.75, 3.05) is 31.3 Å². The summed E-state index contributed by atoms with van der Waals surface area (Å²) in [5.74, 6) is 2.28. The minimum atomic E-state index is -0.0909. The summed E-state index contributed by atoms with van der Waals surface area (Å²) < 4.78 is 23.3. The molecule has 0 aromatic rings. The first-order valence-electron chi connectivity index (χ1n) is 25.7. The van der Waals surface area contributed by atoms with Gasteiger partial charge in [-0.3, -0.25) is 4.79 Å². The second kappa shape index (κ2) is 47.7. The van der Waals surface area contributed by atoms with Crippen molar-refractivity contribution >= 4 is 17.7 Å². The molecule has 0 aliphatic rings. The van der Waals surface area contributed by atoms with Crippen LogP contribution in [0.3, 0.4) is 0 Å². The number of hydrogen-bond acceptors (Lipinski definition) is 6. The molecule has 0 amide bonds. The number of carbonyl (C=O) groups excluding carboxylic acids is 1. The average molecular weight is 843 g/mol. The van der Waals surface area contributed by atoms with Gasteiger partial charge in [-0.05, 0) is 66.1 Å². The monoisotopic (exact) mass is 843 g/mol. The molecule has 0 fully saturated rings. The van der Waals surface area contributed by atoms with Gasteiger partial charge in [0.25, 0.3) is 0 Å². The zero-order valence-electron chi connectivity index (χ0n) is 41.1. The van der Waals surface area contributed by atoms with Gasteiger partial charge in [0.05, 0.1) is 31.0 Å². The van der Waals surface area contributed by atoms with Crippen molar-refractivity contribution in [3.05, 3.63) is 0 Å². The Balaban J connectivity index is 0. The van der Waals surface area contributed by atoms with E-state index in [1.807, 2.05) is 20.8 Å². The lowest BCUT2D eigenvalue weighted by atomic mass is 10.0. The predicted octanol–water partition coefficient (Wildman–Crippen LogP) is 17.2. The van der Waals surface area contributed by atoms with Gasteiger partial charge in [-0.15, -0.1) is 0 Å². The fourth-order valence-corrected chi connectivity index (χ4v) is 7.98. The Bertz CT molecular complexity index is 784. The Kier molecular flexibility index (Phi) is 49.2. The summed E-state index contributed by atoms with van der Waals surface area (Å²) in [4.78, 5) is 11.9. The highest BCUT2D eigenvalue weighted by Crippen LogP contribution is 2.17. The average Bonchev–Trinajstić information content (AvgIpc) is 3.19. The number of unbranched alkanes of at least 4 members (excludes halogenated alkanes) is 28. The third-order valence-electron chi connectivity index (χ3n) is 10.9. The molecule has 0 rings (SSSR count). The van der Waals surface area contributed by atoms with Crippen molar-refractivity contribution in [3.63, 3.8) is 0 Å². The van der Waals surface area contributed by atoms with Crippen LogP contribution in [0.25, 0.3) is 0 Å².